The summed E-state index contributed by atoms with van der Waals surface area (Å²) in [5.74, 6) is 0.510. The van der Waals surface area contributed by atoms with E-state index < -0.39 is 4.92 Å². The van der Waals surface area contributed by atoms with Crippen LogP contribution in [0.1, 0.15) is 0 Å². The van der Waals surface area contributed by atoms with Crippen LogP contribution in [-0.2, 0) is 0 Å². The van der Waals surface area contributed by atoms with Gasteiger partial charge in [-0.1, -0.05) is 6.07 Å². The number of aromatic hydroxyl groups is 1. The molecule has 1 aromatic heterocycles. The van der Waals surface area contributed by atoms with Gasteiger partial charge in [0.1, 0.15) is 11.5 Å². The van der Waals surface area contributed by atoms with Crippen molar-refractivity contribution in [1.29, 1.82) is 0 Å². The summed E-state index contributed by atoms with van der Waals surface area (Å²) in [6.07, 6.45) is 1.29. The van der Waals surface area contributed by atoms with Crippen molar-refractivity contribution in [2.45, 2.75) is 0 Å². The van der Waals surface area contributed by atoms with Gasteiger partial charge in [-0.15, -0.1) is 0 Å². The quantitative estimate of drug-likeness (QED) is 0.649. The van der Waals surface area contributed by atoms with Crippen molar-refractivity contribution < 1.29 is 14.8 Å². The van der Waals surface area contributed by atoms with Gasteiger partial charge in [0, 0.05) is 18.3 Å². The van der Waals surface area contributed by atoms with E-state index in [2.05, 4.69) is 4.98 Å². The van der Waals surface area contributed by atoms with Crippen molar-refractivity contribution in [2.24, 2.45) is 0 Å². The number of phenolic OH excluding ortho intramolecular Hbond substituents is 1. The molecule has 1 heterocycles. The topological polar surface area (TPSA) is 85.5 Å². The van der Waals surface area contributed by atoms with Gasteiger partial charge in [-0.3, -0.25) is 10.1 Å². The van der Waals surface area contributed by atoms with E-state index in [0.29, 0.717) is 5.75 Å². The molecule has 6 heteroatoms. The molecule has 0 unspecified atom stereocenters. The highest BCUT2D eigenvalue weighted by atomic mass is 16.6. The maximum absolute atomic E-state index is 10.5. The van der Waals surface area contributed by atoms with Crippen LogP contribution in [0.2, 0.25) is 0 Å². The average molecular weight is 232 g/mol. The maximum atomic E-state index is 10.5. The molecule has 0 radical (unpaired) electrons. The Labute approximate surface area is 96.3 Å². The van der Waals surface area contributed by atoms with E-state index in [0.717, 1.165) is 0 Å². The zero-order chi connectivity index (χ0) is 12.3. The Morgan fingerprint density at radius 3 is 2.82 bits per heavy atom. The Kier molecular flexibility index (Phi) is 2.87. The van der Waals surface area contributed by atoms with Crippen LogP contribution in [0.5, 0.6) is 17.4 Å². The molecule has 86 valence electrons. The van der Waals surface area contributed by atoms with E-state index in [1.54, 1.807) is 12.1 Å². The Bertz CT molecular complexity index is 557. The maximum Gasteiger partial charge on any atom is 0.276 e. The third-order valence-electron chi connectivity index (χ3n) is 1.97. The van der Waals surface area contributed by atoms with E-state index in [1.807, 2.05) is 0 Å². The number of nitrogens with zero attached hydrogens (tertiary/aromatic N) is 2. The molecule has 0 aliphatic carbocycles. The average Bonchev–Trinajstić information content (AvgIpc) is 2.29. The third-order valence-corrected chi connectivity index (χ3v) is 1.97. The fourth-order valence-corrected chi connectivity index (χ4v) is 1.24. The highest BCUT2D eigenvalue weighted by Gasteiger charge is 2.08. The molecule has 0 saturated heterocycles. The fraction of sp³-hybridized carbons (Fsp3) is 0. The summed E-state index contributed by atoms with van der Waals surface area (Å²) in [5, 5.41) is 19.8. The highest BCUT2D eigenvalue weighted by molar-refractivity contribution is 5.37. The van der Waals surface area contributed by atoms with Gasteiger partial charge >= 0.3 is 0 Å². The van der Waals surface area contributed by atoms with Gasteiger partial charge in [0.05, 0.1) is 11.0 Å². The normalized spacial score (nSPS) is 9.88. The van der Waals surface area contributed by atoms with E-state index in [4.69, 9.17) is 4.74 Å². The highest BCUT2D eigenvalue weighted by Crippen LogP contribution is 2.25. The van der Waals surface area contributed by atoms with Crippen molar-refractivity contribution in [3.05, 3.63) is 52.7 Å². The number of phenols is 1. The Morgan fingerprint density at radius 1 is 1.29 bits per heavy atom. The third kappa shape index (κ3) is 2.69. The first-order valence-electron chi connectivity index (χ1n) is 4.72. The molecule has 0 bridgehead atoms. The summed E-state index contributed by atoms with van der Waals surface area (Å²) < 4.78 is 5.27. The second kappa shape index (κ2) is 4.48. The molecule has 0 atom stereocenters. The minimum atomic E-state index is -0.531. The summed E-state index contributed by atoms with van der Waals surface area (Å²) >= 11 is 0. The molecule has 2 aromatic rings. The van der Waals surface area contributed by atoms with Crippen molar-refractivity contribution in [3.8, 4) is 17.4 Å². The zero-order valence-corrected chi connectivity index (χ0v) is 8.61. The lowest BCUT2D eigenvalue weighted by molar-refractivity contribution is -0.385. The monoisotopic (exact) mass is 232 g/mol. The van der Waals surface area contributed by atoms with E-state index in [-0.39, 0.29) is 17.3 Å². The Balaban J connectivity index is 2.24. The van der Waals surface area contributed by atoms with E-state index in [9.17, 15) is 15.2 Å². The largest absolute Gasteiger partial charge is 0.508 e. The van der Waals surface area contributed by atoms with Crippen molar-refractivity contribution in [3.63, 3.8) is 0 Å². The molecule has 0 aliphatic rings. The first-order valence-corrected chi connectivity index (χ1v) is 4.72. The summed E-state index contributed by atoms with van der Waals surface area (Å²) in [5.41, 5.74) is -0.102. The second-order valence-electron chi connectivity index (χ2n) is 3.21. The van der Waals surface area contributed by atoms with Gasteiger partial charge in [0.2, 0.25) is 5.88 Å². The number of benzene rings is 1. The molecular weight excluding hydrogens is 224 g/mol. The van der Waals surface area contributed by atoms with Crippen LogP contribution >= 0.6 is 0 Å². The summed E-state index contributed by atoms with van der Waals surface area (Å²) in [4.78, 5) is 13.8. The zero-order valence-electron chi connectivity index (χ0n) is 8.61. The van der Waals surface area contributed by atoms with Crippen LogP contribution < -0.4 is 4.74 Å². The minimum absolute atomic E-state index is 0.0490. The molecule has 0 saturated carbocycles. The molecule has 17 heavy (non-hydrogen) atoms. The molecule has 1 N–H and O–H groups in total. The standard InChI is InChI=1S/C11H8N2O4/c14-9-2-1-3-10(7-9)17-11-6-8(13(15)16)4-5-12-11/h1-7,14H. The molecule has 6 nitrogen and oxygen atoms in total. The number of nitro groups is 1. The van der Waals surface area contributed by atoms with E-state index in [1.165, 1.54) is 30.5 Å². The first-order chi connectivity index (χ1) is 8.15. The molecular formula is C11H8N2O4. The molecule has 0 spiro atoms. The van der Waals surface area contributed by atoms with Crippen LogP contribution in [-0.4, -0.2) is 15.0 Å². The van der Waals surface area contributed by atoms with Gasteiger partial charge in [-0.25, -0.2) is 4.98 Å². The smallest absolute Gasteiger partial charge is 0.276 e. The van der Waals surface area contributed by atoms with Gasteiger partial charge in [-0.2, -0.15) is 0 Å². The summed E-state index contributed by atoms with van der Waals surface area (Å²) in [6, 6.07) is 8.58. The van der Waals surface area contributed by atoms with Crippen LogP contribution in [0.3, 0.4) is 0 Å². The molecule has 1 aromatic carbocycles. The van der Waals surface area contributed by atoms with Gasteiger partial charge in [0.15, 0.2) is 0 Å². The lowest BCUT2D eigenvalue weighted by Crippen LogP contribution is -1.91. The van der Waals surface area contributed by atoms with Crippen molar-refractivity contribution in [1.82, 2.24) is 4.98 Å². The molecule has 0 fully saturated rings. The summed E-state index contributed by atoms with van der Waals surface area (Å²) in [6.45, 7) is 0. The lowest BCUT2D eigenvalue weighted by Gasteiger charge is -2.04. The number of pyridine rings is 1. The van der Waals surface area contributed by atoms with Crippen LogP contribution in [0, 0.1) is 10.1 Å². The van der Waals surface area contributed by atoms with Gasteiger partial charge in [-0.05, 0) is 12.1 Å². The molecule has 2 rings (SSSR count). The van der Waals surface area contributed by atoms with Crippen LogP contribution in [0.4, 0.5) is 5.69 Å². The van der Waals surface area contributed by atoms with Crippen LogP contribution in [0.25, 0.3) is 0 Å². The Hall–Kier alpha value is -2.63. The SMILES string of the molecule is O=[N+]([O-])c1ccnc(Oc2cccc(O)c2)c1. The van der Waals surface area contributed by atoms with Gasteiger partial charge < -0.3 is 9.84 Å². The Morgan fingerprint density at radius 2 is 2.12 bits per heavy atom. The first kappa shape index (κ1) is 10.9. The lowest BCUT2D eigenvalue weighted by atomic mass is 10.3. The van der Waals surface area contributed by atoms with Crippen molar-refractivity contribution >= 4 is 5.69 Å². The number of rotatable bonds is 3. The van der Waals surface area contributed by atoms with E-state index >= 15 is 0 Å². The molecule has 0 aliphatic heterocycles. The van der Waals surface area contributed by atoms with Crippen LogP contribution in [0.15, 0.2) is 42.6 Å². The van der Waals surface area contributed by atoms with Crippen molar-refractivity contribution in [2.75, 3.05) is 0 Å². The number of hydrogen-bond acceptors (Lipinski definition) is 5. The predicted molar refractivity (Wildman–Crippen MR) is 59.1 cm³/mol. The minimum Gasteiger partial charge on any atom is -0.508 e. The number of ether oxygens (including phenoxy) is 1. The fourth-order valence-electron chi connectivity index (χ4n) is 1.24. The number of aromatic nitrogens is 1. The van der Waals surface area contributed by atoms with Gasteiger partial charge in [0.25, 0.3) is 5.69 Å². The molecule has 0 amide bonds. The number of hydrogen-bond donors (Lipinski definition) is 1. The second-order valence-corrected chi connectivity index (χ2v) is 3.21. The summed E-state index contributed by atoms with van der Waals surface area (Å²) in [7, 11) is 0. The predicted octanol–water partition coefficient (Wildman–Crippen LogP) is 2.49.